The van der Waals surface area contributed by atoms with E-state index in [-0.39, 0.29) is 0 Å². The van der Waals surface area contributed by atoms with E-state index in [9.17, 15) is 0 Å². The van der Waals surface area contributed by atoms with Crippen LogP contribution in [0.15, 0.2) is 24.3 Å². The van der Waals surface area contributed by atoms with Gasteiger partial charge in [-0.3, -0.25) is 4.68 Å². The minimum atomic E-state index is 0.734. The highest BCUT2D eigenvalue weighted by molar-refractivity contribution is 5.51. The molecule has 0 radical (unpaired) electrons. The van der Waals surface area contributed by atoms with Gasteiger partial charge in [-0.15, -0.1) is 0 Å². The zero-order chi connectivity index (χ0) is 14.5. The third-order valence-electron chi connectivity index (χ3n) is 3.33. The van der Waals surface area contributed by atoms with Gasteiger partial charge in [-0.25, -0.2) is 0 Å². The van der Waals surface area contributed by atoms with Crippen LogP contribution >= 0.6 is 0 Å². The van der Waals surface area contributed by atoms with E-state index < -0.39 is 0 Å². The van der Waals surface area contributed by atoms with Crippen LogP contribution in [0.4, 0.5) is 5.69 Å². The molecule has 0 saturated heterocycles. The van der Waals surface area contributed by atoms with Crippen molar-refractivity contribution in [2.45, 2.75) is 33.7 Å². The van der Waals surface area contributed by atoms with E-state index >= 15 is 0 Å². The average Bonchev–Trinajstić information content (AvgIpc) is 2.73. The average molecular weight is 268 g/mol. The number of benzene rings is 1. The summed E-state index contributed by atoms with van der Waals surface area (Å²) >= 11 is 0. The molecule has 1 aromatic carbocycles. The van der Waals surface area contributed by atoms with Crippen LogP contribution in [0.1, 0.15) is 28.9 Å². The van der Waals surface area contributed by atoms with E-state index in [0.717, 1.165) is 42.0 Å². The van der Waals surface area contributed by atoms with Gasteiger partial charge < -0.3 is 5.32 Å². The molecule has 2 aromatic rings. The van der Waals surface area contributed by atoms with Crippen LogP contribution in [0.5, 0.6) is 0 Å². The second kappa shape index (κ2) is 6.25. The first-order valence-electron chi connectivity index (χ1n) is 6.86. The van der Waals surface area contributed by atoms with Crippen molar-refractivity contribution in [3.8, 4) is 6.07 Å². The number of anilines is 1. The maximum Gasteiger partial charge on any atom is 0.0994 e. The van der Waals surface area contributed by atoms with Gasteiger partial charge >= 0.3 is 0 Å². The van der Waals surface area contributed by atoms with Gasteiger partial charge in [-0.2, -0.15) is 10.4 Å². The first kappa shape index (κ1) is 14.1. The summed E-state index contributed by atoms with van der Waals surface area (Å²) in [5.74, 6) is 0. The number of aryl methyl sites for hydroxylation is 4. The Morgan fingerprint density at radius 1 is 1.25 bits per heavy atom. The predicted octanol–water partition coefficient (Wildman–Crippen LogP) is 3.18. The molecule has 104 valence electrons. The molecular formula is C16H20N4. The number of aromatic nitrogens is 2. The van der Waals surface area contributed by atoms with Crippen molar-refractivity contribution < 1.29 is 0 Å². The van der Waals surface area contributed by atoms with Gasteiger partial charge in [-0.05, 0) is 57.0 Å². The lowest BCUT2D eigenvalue weighted by Crippen LogP contribution is -2.09. The van der Waals surface area contributed by atoms with E-state index in [4.69, 9.17) is 5.26 Å². The second-order valence-corrected chi connectivity index (χ2v) is 5.07. The standard InChI is InChI=1S/C16H20N4/c1-12-9-16(6-5-15(12)11-17)18-7-4-8-20-14(3)10-13(2)19-20/h5-6,9-10,18H,4,7-8H2,1-3H3. The van der Waals surface area contributed by atoms with Crippen molar-refractivity contribution in [3.05, 3.63) is 46.8 Å². The summed E-state index contributed by atoms with van der Waals surface area (Å²) in [6, 6.07) is 10.1. The van der Waals surface area contributed by atoms with Crippen LogP contribution in [-0.4, -0.2) is 16.3 Å². The topological polar surface area (TPSA) is 53.6 Å². The normalized spacial score (nSPS) is 10.3. The number of nitrogens with one attached hydrogen (secondary N) is 1. The van der Waals surface area contributed by atoms with Crippen LogP contribution in [0.25, 0.3) is 0 Å². The van der Waals surface area contributed by atoms with E-state index in [1.165, 1.54) is 5.69 Å². The Balaban J connectivity index is 1.83. The number of nitriles is 1. The van der Waals surface area contributed by atoms with E-state index in [1.807, 2.05) is 36.7 Å². The van der Waals surface area contributed by atoms with E-state index in [1.54, 1.807) is 0 Å². The highest BCUT2D eigenvalue weighted by Crippen LogP contribution is 2.14. The molecule has 1 heterocycles. The molecule has 0 aliphatic rings. The molecule has 1 N–H and O–H groups in total. The third-order valence-corrected chi connectivity index (χ3v) is 3.33. The van der Waals surface area contributed by atoms with Gasteiger partial charge in [-0.1, -0.05) is 0 Å². The van der Waals surface area contributed by atoms with Crippen molar-refractivity contribution in [3.63, 3.8) is 0 Å². The lowest BCUT2D eigenvalue weighted by Gasteiger charge is -2.09. The van der Waals surface area contributed by atoms with Gasteiger partial charge in [0.05, 0.1) is 17.3 Å². The summed E-state index contributed by atoms with van der Waals surface area (Å²) in [5.41, 5.74) is 5.08. The fourth-order valence-electron chi connectivity index (χ4n) is 2.26. The Labute approximate surface area is 120 Å². The first-order chi connectivity index (χ1) is 9.60. The van der Waals surface area contributed by atoms with Crippen LogP contribution in [0.3, 0.4) is 0 Å². The summed E-state index contributed by atoms with van der Waals surface area (Å²) in [4.78, 5) is 0. The number of nitrogens with zero attached hydrogens (tertiary/aromatic N) is 3. The monoisotopic (exact) mass is 268 g/mol. The summed E-state index contributed by atoms with van der Waals surface area (Å²) < 4.78 is 2.04. The number of rotatable bonds is 5. The molecule has 2 rings (SSSR count). The second-order valence-electron chi connectivity index (χ2n) is 5.07. The molecule has 0 fully saturated rings. The van der Waals surface area contributed by atoms with Crippen LogP contribution < -0.4 is 5.32 Å². The zero-order valence-corrected chi connectivity index (χ0v) is 12.3. The van der Waals surface area contributed by atoms with Crippen molar-refractivity contribution in [1.29, 1.82) is 5.26 Å². The molecular weight excluding hydrogens is 248 g/mol. The molecule has 20 heavy (non-hydrogen) atoms. The molecule has 0 aliphatic carbocycles. The van der Waals surface area contributed by atoms with Crippen molar-refractivity contribution >= 4 is 5.69 Å². The number of hydrogen-bond donors (Lipinski definition) is 1. The van der Waals surface area contributed by atoms with Gasteiger partial charge in [0.15, 0.2) is 0 Å². The molecule has 4 heteroatoms. The van der Waals surface area contributed by atoms with Crippen molar-refractivity contribution in [1.82, 2.24) is 9.78 Å². The minimum Gasteiger partial charge on any atom is -0.385 e. The Morgan fingerprint density at radius 2 is 2.05 bits per heavy atom. The number of hydrogen-bond acceptors (Lipinski definition) is 3. The lowest BCUT2D eigenvalue weighted by molar-refractivity contribution is 0.574. The van der Waals surface area contributed by atoms with Gasteiger partial charge in [0.2, 0.25) is 0 Å². The molecule has 0 amide bonds. The lowest BCUT2D eigenvalue weighted by atomic mass is 10.1. The zero-order valence-electron chi connectivity index (χ0n) is 12.3. The summed E-state index contributed by atoms with van der Waals surface area (Å²) in [5, 5.41) is 16.7. The molecule has 1 aromatic heterocycles. The summed E-state index contributed by atoms with van der Waals surface area (Å²) in [7, 11) is 0. The SMILES string of the molecule is Cc1cc(C)n(CCCNc2ccc(C#N)c(C)c2)n1. The Hall–Kier alpha value is -2.28. The predicted molar refractivity (Wildman–Crippen MR) is 80.7 cm³/mol. The molecule has 0 atom stereocenters. The molecule has 0 spiro atoms. The van der Waals surface area contributed by atoms with Gasteiger partial charge in [0.1, 0.15) is 0 Å². The molecule has 0 saturated carbocycles. The van der Waals surface area contributed by atoms with Gasteiger partial charge in [0, 0.05) is 24.5 Å². The maximum absolute atomic E-state index is 8.90. The van der Waals surface area contributed by atoms with Gasteiger partial charge in [0.25, 0.3) is 0 Å². The van der Waals surface area contributed by atoms with Crippen LogP contribution in [0.2, 0.25) is 0 Å². The van der Waals surface area contributed by atoms with Crippen molar-refractivity contribution in [2.24, 2.45) is 0 Å². The minimum absolute atomic E-state index is 0.734. The summed E-state index contributed by atoms with van der Waals surface area (Å²) in [6.07, 6.45) is 1.01. The quantitative estimate of drug-likeness (QED) is 0.847. The largest absolute Gasteiger partial charge is 0.385 e. The smallest absolute Gasteiger partial charge is 0.0994 e. The molecule has 4 nitrogen and oxygen atoms in total. The highest BCUT2D eigenvalue weighted by atomic mass is 15.3. The van der Waals surface area contributed by atoms with E-state index in [0.29, 0.717) is 0 Å². The molecule has 0 aliphatic heterocycles. The first-order valence-corrected chi connectivity index (χ1v) is 6.86. The van der Waals surface area contributed by atoms with Crippen LogP contribution in [-0.2, 0) is 6.54 Å². The fourth-order valence-corrected chi connectivity index (χ4v) is 2.26. The Kier molecular flexibility index (Phi) is 4.41. The van der Waals surface area contributed by atoms with E-state index in [2.05, 4.69) is 29.5 Å². The Morgan fingerprint density at radius 3 is 2.65 bits per heavy atom. The molecule has 0 bridgehead atoms. The van der Waals surface area contributed by atoms with Crippen molar-refractivity contribution in [2.75, 3.05) is 11.9 Å². The summed E-state index contributed by atoms with van der Waals surface area (Å²) in [6.45, 7) is 7.86. The third kappa shape index (κ3) is 3.39. The molecule has 0 unspecified atom stereocenters. The Bertz CT molecular complexity index is 634. The van der Waals surface area contributed by atoms with Crippen LogP contribution in [0, 0.1) is 32.1 Å². The maximum atomic E-state index is 8.90. The fraction of sp³-hybridized carbons (Fsp3) is 0.375. The highest BCUT2D eigenvalue weighted by Gasteiger charge is 2.01.